The molecule has 3 heteroatoms. The van der Waals surface area contributed by atoms with Gasteiger partial charge in [0.15, 0.2) is 0 Å². The molecular weight excluding hydrogens is 282 g/mol. The van der Waals surface area contributed by atoms with Crippen molar-refractivity contribution < 1.29 is 4.74 Å². The van der Waals surface area contributed by atoms with Gasteiger partial charge in [0, 0.05) is 6.04 Å². The lowest BCUT2D eigenvalue weighted by atomic mass is 9.82. The fourth-order valence-corrected chi connectivity index (χ4v) is 2.96. The molecular formula is C18H28ClNO. The standard InChI is InChI=1S/C18H28ClNO/c1-4-18(2,3)14-8-9-17(16(19)13-14)21-12-10-15-7-5-6-11-20-15/h8-9,13,15,20H,4-7,10-12H2,1-3H3/t15-/m1/s1. The fraction of sp³-hybridized carbons (Fsp3) is 0.667. The van der Waals surface area contributed by atoms with E-state index in [4.69, 9.17) is 16.3 Å². The number of ether oxygens (including phenoxy) is 1. The van der Waals surface area contributed by atoms with Crippen molar-refractivity contribution in [2.75, 3.05) is 13.2 Å². The molecule has 1 fully saturated rings. The van der Waals surface area contributed by atoms with E-state index in [1.807, 2.05) is 6.07 Å². The zero-order chi connectivity index (χ0) is 15.3. The molecule has 0 saturated carbocycles. The van der Waals surface area contributed by atoms with Gasteiger partial charge in [-0.1, -0.05) is 44.9 Å². The van der Waals surface area contributed by atoms with E-state index in [2.05, 4.69) is 38.2 Å². The molecule has 0 unspecified atom stereocenters. The minimum atomic E-state index is 0.161. The minimum absolute atomic E-state index is 0.161. The maximum absolute atomic E-state index is 6.37. The van der Waals surface area contributed by atoms with Crippen LogP contribution in [0.1, 0.15) is 58.4 Å². The summed E-state index contributed by atoms with van der Waals surface area (Å²) in [4.78, 5) is 0. The van der Waals surface area contributed by atoms with Crippen LogP contribution in [0.3, 0.4) is 0 Å². The number of piperidine rings is 1. The first-order valence-corrected chi connectivity index (χ1v) is 8.57. The van der Waals surface area contributed by atoms with Crippen molar-refractivity contribution in [2.24, 2.45) is 0 Å². The lowest BCUT2D eigenvalue weighted by molar-refractivity contribution is 0.268. The summed E-state index contributed by atoms with van der Waals surface area (Å²) < 4.78 is 5.87. The Morgan fingerprint density at radius 2 is 2.14 bits per heavy atom. The van der Waals surface area contributed by atoms with E-state index in [1.165, 1.54) is 24.8 Å². The molecule has 1 saturated heterocycles. The smallest absolute Gasteiger partial charge is 0.137 e. The lowest BCUT2D eigenvalue weighted by Crippen LogP contribution is -2.35. The quantitative estimate of drug-likeness (QED) is 0.803. The van der Waals surface area contributed by atoms with Crippen LogP contribution >= 0.6 is 11.6 Å². The molecule has 1 heterocycles. The average Bonchev–Trinajstić information content (AvgIpc) is 2.50. The van der Waals surface area contributed by atoms with Gasteiger partial charge in [-0.25, -0.2) is 0 Å². The van der Waals surface area contributed by atoms with Crippen molar-refractivity contribution in [3.05, 3.63) is 28.8 Å². The van der Waals surface area contributed by atoms with Crippen LogP contribution in [-0.4, -0.2) is 19.2 Å². The molecule has 1 N–H and O–H groups in total. The van der Waals surface area contributed by atoms with Crippen LogP contribution in [0.15, 0.2) is 18.2 Å². The molecule has 2 rings (SSSR count). The number of hydrogen-bond donors (Lipinski definition) is 1. The summed E-state index contributed by atoms with van der Waals surface area (Å²) in [5.41, 5.74) is 1.44. The zero-order valence-electron chi connectivity index (χ0n) is 13.5. The summed E-state index contributed by atoms with van der Waals surface area (Å²) in [6.07, 6.45) is 6.05. The Morgan fingerprint density at radius 3 is 2.76 bits per heavy atom. The van der Waals surface area contributed by atoms with Crippen LogP contribution in [-0.2, 0) is 5.41 Å². The summed E-state index contributed by atoms with van der Waals surface area (Å²) in [6.45, 7) is 8.57. The number of halogens is 1. The topological polar surface area (TPSA) is 21.3 Å². The van der Waals surface area contributed by atoms with Crippen molar-refractivity contribution in [2.45, 2.75) is 64.3 Å². The summed E-state index contributed by atoms with van der Waals surface area (Å²) >= 11 is 6.37. The van der Waals surface area contributed by atoms with Gasteiger partial charge in [0.05, 0.1) is 11.6 Å². The molecule has 0 aliphatic carbocycles. The normalized spacial score (nSPS) is 19.5. The van der Waals surface area contributed by atoms with Gasteiger partial charge in [0.25, 0.3) is 0 Å². The molecule has 1 aromatic rings. The fourth-order valence-electron chi connectivity index (χ4n) is 2.72. The largest absolute Gasteiger partial charge is 0.492 e. The Hall–Kier alpha value is -0.730. The highest BCUT2D eigenvalue weighted by atomic mass is 35.5. The van der Waals surface area contributed by atoms with Crippen molar-refractivity contribution >= 4 is 11.6 Å². The van der Waals surface area contributed by atoms with E-state index in [0.29, 0.717) is 6.04 Å². The molecule has 118 valence electrons. The Labute approximate surface area is 134 Å². The second kappa shape index (κ2) is 7.51. The maximum atomic E-state index is 6.37. The Kier molecular flexibility index (Phi) is 5.95. The molecule has 1 aliphatic rings. The Bertz CT molecular complexity index is 453. The van der Waals surface area contributed by atoms with E-state index in [-0.39, 0.29) is 5.41 Å². The van der Waals surface area contributed by atoms with Gasteiger partial charge in [0.2, 0.25) is 0 Å². The van der Waals surface area contributed by atoms with Gasteiger partial charge >= 0.3 is 0 Å². The van der Waals surface area contributed by atoms with E-state index in [1.54, 1.807) is 0 Å². The molecule has 0 radical (unpaired) electrons. The highest BCUT2D eigenvalue weighted by molar-refractivity contribution is 6.32. The SMILES string of the molecule is CCC(C)(C)c1ccc(OCC[C@H]2CCCCN2)c(Cl)c1. The first-order valence-electron chi connectivity index (χ1n) is 8.19. The van der Waals surface area contributed by atoms with Gasteiger partial charge in [0.1, 0.15) is 5.75 Å². The summed E-state index contributed by atoms with van der Waals surface area (Å²) in [6, 6.07) is 6.82. The number of rotatable bonds is 6. The summed E-state index contributed by atoms with van der Waals surface area (Å²) in [5, 5.41) is 4.27. The molecule has 1 aromatic carbocycles. The summed E-state index contributed by atoms with van der Waals surface area (Å²) in [7, 11) is 0. The van der Waals surface area contributed by atoms with Gasteiger partial charge in [-0.05, 0) is 55.3 Å². The van der Waals surface area contributed by atoms with Gasteiger partial charge in [-0.15, -0.1) is 0 Å². The van der Waals surface area contributed by atoms with Crippen molar-refractivity contribution in [1.82, 2.24) is 5.32 Å². The van der Waals surface area contributed by atoms with Gasteiger partial charge in [-0.2, -0.15) is 0 Å². The summed E-state index contributed by atoms with van der Waals surface area (Å²) in [5.74, 6) is 0.808. The molecule has 0 bridgehead atoms. The van der Waals surface area contributed by atoms with Crippen LogP contribution in [0.5, 0.6) is 5.75 Å². The Balaban J connectivity index is 1.89. The molecule has 1 aliphatic heterocycles. The van der Waals surface area contributed by atoms with Crippen molar-refractivity contribution in [3.8, 4) is 5.75 Å². The lowest BCUT2D eigenvalue weighted by Gasteiger charge is -2.25. The second-order valence-electron chi connectivity index (χ2n) is 6.67. The number of nitrogens with one attached hydrogen (secondary N) is 1. The molecule has 0 spiro atoms. The highest BCUT2D eigenvalue weighted by Crippen LogP contribution is 2.33. The van der Waals surface area contributed by atoms with Crippen LogP contribution in [0.4, 0.5) is 0 Å². The maximum Gasteiger partial charge on any atom is 0.137 e. The van der Waals surface area contributed by atoms with Crippen LogP contribution < -0.4 is 10.1 Å². The van der Waals surface area contributed by atoms with E-state index in [9.17, 15) is 0 Å². The average molecular weight is 310 g/mol. The van der Waals surface area contributed by atoms with E-state index >= 15 is 0 Å². The predicted molar refractivity (Wildman–Crippen MR) is 90.5 cm³/mol. The van der Waals surface area contributed by atoms with Gasteiger partial charge in [-0.3, -0.25) is 0 Å². The van der Waals surface area contributed by atoms with Gasteiger partial charge < -0.3 is 10.1 Å². The molecule has 21 heavy (non-hydrogen) atoms. The molecule has 1 atom stereocenters. The number of benzene rings is 1. The molecule has 0 aromatic heterocycles. The third-order valence-electron chi connectivity index (χ3n) is 4.73. The van der Waals surface area contributed by atoms with Crippen LogP contribution in [0.25, 0.3) is 0 Å². The third kappa shape index (κ3) is 4.62. The first kappa shape index (κ1) is 16.6. The highest BCUT2D eigenvalue weighted by Gasteiger charge is 2.19. The Morgan fingerprint density at radius 1 is 1.33 bits per heavy atom. The molecule has 0 amide bonds. The van der Waals surface area contributed by atoms with Crippen LogP contribution in [0, 0.1) is 0 Å². The zero-order valence-corrected chi connectivity index (χ0v) is 14.3. The van der Waals surface area contributed by atoms with E-state index < -0.39 is 0 Å². The van der Waals surface area contributed by atoms with Crippen molar-refractivity contribution in [1.29, 1.82) is 0 Å². The van der Waals surface area contributed by atoms with Crippen molar-refractivity contribution in [3.63, 3.8) is 0 Å². The third-order valence-corrected chi connectivity index (χ3v) is 5.03. The second-order valence-corrected chi connectivity index (χ2v) is 7.07. The monoisotopic (exact) mass is 309 g/mol. The van der Waals surface area contributed by atoms with E-state index in [0.717, 1.165) is 36.8 Å². The minimum Gasteiger partial charge on any atom is -0.492 e. The number of hydrogen-bond acceptors (Lipinski definition) is 2. The molecule has 2 nitrogen and oxygen atoms in total. The predicted octanol–water partition coefficient (Wildman–Crippen LogP) is 4.94. The first-order chi connectivity index (χ1) is 10.0. The van der Waals surface area contributed by atoms with Crippen LogP contribution in [0.2, 0.25) is 5.02 Å².